The third-order valence-electron chi connectivity index (χ3n) is 4.90. The van der Waals surface area contributed by atoms with Crippen molar-refractivity contribution in [2.75, 3.05) is 6.54 Å². The fourth-order valence-electron chi connectivity index (χ4n) is 3.10. The lowest BCUT2D eigenvalue weighted by molar-refractivity contribution is -0.142. The first kappa shape index (κ1) is 31.6. The Kier molecular flexibility index (Phi) is 14.0. The minimum atomic E-state index is -1.24. The number of rotatable bonds is 16. The second-order valence-electron chi connectivity index (χ2n) is 9.05. The van der Waals surface area contributed by atoms with E-state index in [2.05, 4.69) is 20.9 Å². The van der Waals surface area contributed by atoms with Gasteiger partial charge in [-0.15, -0.1) is 0 Å². The van der Waals surface area contributed by atoms with Crippen LogP contribution < -0.4 is 38.9 Å². The molecule has 12 N–H and O–H groups in total. The van der Waals surface area contributed by atoms with Gasteiger partial charge < -0.3 is 44.0 Å². The fraction of sp³-hybridized carbons (Fsp3) is 0.714. The SMILES string of the molecule is CC(C)CC(NC(=O)C(NC(=O)C(N)CC(N)=O)C(C)C)C(=O)NC(CCCN=C(N)N)C(=O)O. The smallest absolute Gasteiger partial charge is 0.326 e. The highest BCUT2D eigenvalue weighted by Gasteiger charge is 2.32. The van der Waals surface area contributed by atoms with Crippen LogP contribution in [0, 0.1) is 11.8 Å². The van der Waals surface area contributed by atoms with E-state index in [4.69, 9.17) is 22.9 Å². The van der Waals surface area contributed by atoms with Gasteiger partial charge in [0, 0.05) is 6.54 Å². The lowest BCUT2D eigenvalue weighted by Gasteiger charge is -2.27. The van der Waals surface area contributed by atoms with Gasteiger partial charge in [-0.25, -0.2) is 4.79 Å². The van der Waals surface area contributed by atoms with Gasteiger partial charge in [0.1, 0.15) is 18.1 Å². The Morgan fingerprint density at radius 2 is 1.43 bits per heavy atom. The first-order valence-electron chi connectivity index (χ1n) is 11.4. The molecule has 4 atom stereocenters. The normalized spacial score (nSPS) is 14.4. The number of carboxylic acids is 1. The molecule has 200 valence electrons. The van der Waals surface area contributed by atoms with Crippen molar-refractivity contribution in [2.45, 2.75) is 77.5 Å². The quantitative estimate of drug-likeness (QED) is 0.0631. The Bertz CT molecular complexity index is 782. The topological polar surface area (TPSA) is 258 Å². The molecular formula is C21H40N8O6. The van der Waals surface area contributed by atoms with Crippen LogP contribution in [0.15, 0.2) is 4.99 Å². The van der Waals surface area contributed by atoms with E-state index in [-0.39, 0.29) is 37.2 Å². The van der Waals surface area contributed by atoms with Crippen molar-refractivity contribution in [3.63, 3.8) is 0 Å². The van der Waals surface area contributed by atoms with E-state index in [0.717, 1.165) is 0 Å². The van der Waals surface area contributed by atoms with E-state index in [1.165, 1.54) is 0 Å². The average molecular weight is 501 g/mol. The minimum absolute atomic E-state index is 0.0210. The summed E-state index contributed by atoms with van der Waals surface area (Å²) in [5.41, 5.74) is 21.2. The maximum atomic E-state index is 13.0. The monoisotopic (exact) mass is 500 g/mol. The fourth-order valence-corrected chi connectivity index (χ4v) is 3.10. The van der Waals surface area contributed by atoms with Gasteiger partial charge in [0.25, 0.3) is 0 Å². The van der Waals surface area contributed by atoms with Crippen molar-refractivity contribution in [3.05, 3.63) is 0 Å². The summed E-state index contributed by atoms with van der Waals surface area (Å²) in [6.07, 6.45) is 0.209. The van der Waals surface area contributed by atoms with Crippen molar-refractivity contribution in [1.82, 2.24) is 16.0 Å². The van der Waals surface area contributed by atoms with Crippen LogP contribution in [0.1, 0.15) is 53.4 Å². The van der Waals surface area contributed by atoms with Gasteiger partial charge in [-0.05, 0) is 31.1 Å². The van der Waals surface area contributed by atoms with E-state index in [1.807, 2.05) is 13.8 Å². The molecule has 0 bridgehead atoms. The predicted molar refractivity (Wildman–Crippen MR) is 129 cm³/mol. The zero-order valence-electron chi connectivity index (χ0n) is 20.7. The Morgan fingerprint density at radius 1 is 0.857 bits per heavy atom. The number of carbonyl (C=O) groups excluding carboxylic acids is 4. The molecule has 0 saturated carbocycles. The Balaban J connectivity index is 5.41. The maximum Gasteiger partial charge on any atom is 0.326 e. The number of carbonyl (C=O) groups is 5. The van der Waals surface area contributed by atoms with Crippen LogP contribution in [0.25, 0.3) is 0 Å². The molecule has 0 saturated heterocycles. The number of primary amides is 1. The van der Waals surface area contributed by atoms with Crippen LogP contribution >= 0.6 is 0 Å². The molecule has 0 aliphatic heterocycles. The Hall–Kier alpha value is -3.42. The minimum Gasteiger partial charge on any atom is -0.480 e. The molecular weight excluding hydrogens is 460 g/mol. The van der Waals surface area contributed by atoms with Crippen LogP contribution in [0.5, 0.6) is 0 Å². The Labute approximate surface area is 205 Å². The van der Waals surface area contributed by atoms with Gasteiger partial charge in [-0.1, -0.05) is 27.7 Å². The van der Waals surface area contributed by atoms with Crippen molar-refractivity contribution >= 4 is 35.6 Å². The molecule has 0 aromatic carbocycles. The maximum absolute atomic E-state index is 13.0. The first-order chi connectivity index (χ1) is 16.1. The highest BCUT2D eigenvalue weighted by molar-refractivity contribution is 5.95. The predicted octanol–water partition coefficient (Wildman–Crippen LogP) is -2.52. The van der Waals surface area contributed by atoms with E-state index in [0.29, 0.717) is 6.42 Å². The summed E-state index contributed by atoms with van der Waals surface area (Å²) < 4.78 is 0. The number of hydrogen-bond acceptors (Lipinski definition) is 7. The lowest BCUT2D eigenvalue weighted by atomic mass is 9.99. The second kappa shape index (κ2) is 15.5. The summed E-state index contributed by atoms with van der Waals surface area (Å²) in [4.78, 5) is 64.6. The molecule has 14 nitrogen and oxygen atoms in total. The molecule has 0 heterocycles. The van der Waals surface area contributed by atoms with Gasteiger partial charge in [0.05, 0.1) is 12.5 Å². The first-order valence-corrected chi connectivity index (χ1v) is 11.4. The molecule has 4 unspecified atom stereocenters. The number of nitrogens with one attached hydrogen (secondary N) is 3. The molecule has 35 heavy (non-hydrogen) atoms. The zero-order chi connectivity index (χ0) is 27.3. The van der Waals surface area contributed by atoms with Gasteiger partial charge in [0.2, 0.25) is 23.6 Å². The molecule has 0 aromatic rings. The number of nitrogens with two attached hydrogens (primary N) is 4. The molecule has 0 aliphatic rings. The van der Waals surface area contributed by atoms with E-state index >= 15 is 0 Å². The number of carboxylic acid groups (broad SMARTS) is 1. The van der Waals surface area contributed by atoms with Crippen LogP contribution in [0.2, 0.25) is 0 Å². The molecule has 0 fully saturated rings. The van der Waals surface area contributed by atoms with Crippen LogP contribution in [-0.2, 0) is 24.0 Å². The zero-order valence-corrected chi connectivity index (χ0v) is 20.7. The largest absolute Gasteiger partial charge is 0.480 e. The summed E-state index contributed by atoms with van der Waals surface area (Å²) in [7, 11) is 0. The third kappa shape index (κ3) is 13.2. The van der Waals surface area contributed by atoms with Gasteiger partial charge in [0.15, 0.2) is 5.96 Å². The number of aliphatic carboxylic acids is 1. The molecule has 0 spiro atoms. The van der Waals surface area contributed by atoms with Crippen molar-refractivity contribution in [3.8, 4) is 0 Å². The van der Waals surface area contributed by atoms with Crippen molar-refractivity contribution < 1.29 is 29.1 Å². The van der Waals surface area contributed by atoms with Crippen molar-refractivity contribution in [2.24, 2.45) is 39.8 Å². The number of aliphatic imine (C=N–C) groups is 1. The van der Waals surface area contributed by atoms with Gasteiger partial charge >= 0.3 is 5.97 Å². The third-order valence-corrected chi connectivity index (χ3v) is 4.90. The van der Waals surface area contributed by atoms with Crippen LogP contribution in [0.3, 0.4) is 0 Å². The molecule has 4 amide bonds. The van der Waals surface area contributed by atoms with Crippen LogP contribution in [0.4, 0.5) is 0 Å². The lowest BCUT2D eigenvalue weighted by Crippen LogP contribution is -2.58. The van der Waals surface area contributed by atoms with Gasteiger partial charge in [-0.2, -0.15) is 0 Å². The highest BCUT2D eigenvalue weighted by Crippen LogP contribution is 2.09. The number of hydrogen-bond donors (Lipinski definition) is 8. The molecule has 14 heteroatoms. The van der Waals surface area contributed by atoms with Gasteiger partial charge in [-0.3, -0.25) is 24.2 Å². The summed E-state index contributed by atoms with van der Waals surface area (Å²) in [5, 5.41) is 17.0. The Morgan fingerprint density at radius 3 is 1.89 bits per heavy atom. The van der Waals surface area contributed by atoms with E-state index in [1.54, 1.807) is 13.8 Å². The molecule has 0 radical (unpaired) electrons. The average Bonchev–Trinajstić information content (AvgIpc) is 2.71. The number of nitrogens with zero attached hydrogens (tertiary/aromatic N) is 1. The van der Waals surface area contributed by atoms with Crippen LogP contribution in [-0.4, -0.2) is 71.4 Å². The number of guanidine groups is 1. The standard InChI is InChI=1S/C21H40N8O6/c1-10(2)8-14(18(32)27-13(20(34)35)6-5-7-26-21(24)25)28-19(33)16(11(3)4)29-17(31)12(22)9-15(23)30/h10-14,16H,5-9,22H2,1-4H3,(H2,23,30)(H,27,32)(H,28,33)(H,29,31)(H,34,35)(H4,24,25,26). The summed E-state index contributed by atoms with van der Waals surface area (Å²) in [6.45, 7) is 7.22. The summed E-state index contributed by atoms with van der Waals surface area (Å²) >= 11 is 0. The second-order valence-corrected chi connectivity index (χ2v) is 9.05. The summed E-state index contributed by atoms with van der Waals surface area (Å²) in [6, 6.07) is -4.56. The molecule has 0 aliphatic carbocycles. The number of amides is 4. The molecule has 0 aromatic heterocycles. The van der Waals surface area contributed by atoms with E-state index < -0.39 is 60.2 Å². The van der Waals surface area contributed by atoms with E-state index in [9.17, 15) is 29.1 Å². The summed E-state index contributed by atoms with van der Waals surface area (Å²) in [5.74, 6) is -4.61. The highest BCUT2D eigenvalue weighted by atomic mass is 16.4. The molecule has 0 rings (SSSR count). The van der Waals surface area contributed by atoms with Crippen molar-refractivity contribution in [1.29, 1.82) is 0 Å².